The van der Waals surface area contributed by atoms with Gasteiger partial charge >= 0.3 is 12.1 Å². The van der Waals surface area contributed by atoms with Gasteiger partial charge in [-0.15, -0.1) is 5.10 Å². The summed E-state index contributed by atoms with van der Waals surface area (Å²) in [5.74, 6) is 0.00946. The second-order valence-corrected chi connectivity index (χ2v) is 7.75. The molecule has 2 bridgehead atoms. The van der Waals surface area contributed by atoms with Crippen molar-refractivity contribution in [1.82, 2.24) is 14.6 Å². The molecule has 0 amide bonds. The molecular formula is C18H20ClF3N4O2. The summed E-state index contributed by atoms with van der Waals surface area (Å²) in [7, 11) is 0. The summed E-state index contributed by atoms with van der Waals surface area (Å²) in [4.78, 5) is 16.7. The fourth-order valence-electron chi connectivity index (χ4n) is 4.63. The number of nitrogens with one attached hydrogen (secondary N) is 1. The number of ether oxygens (including phenoxy) is 1. The van der Waals surface area contributed by atoms with Crippen LogP contribution in [0.15, 0.2) is 12.3 Å². The number of aromatic nitrogens is 3. The summed E-state index contributed by atoms with van der Waals surface area (Å²) in [6.07, 6.45) is 0.203. The standard InChI is InChI=1S/C18H20ClF3N4O2/c1-2-28-16(27)13-9-3-5-10(6-4-9)14(13)23-15-12-7-11(18(20,21)22)8-26(12)25-17(19)24-15/h7-10,13-14H,2-6H2,1H3,(H,23,24,25)/t9-,10+,13-,14-/m0/s1. The first-order valence-corrected chi connectivity index (χ1v) is 9.72. The van der Waals surface area contributed by atoms with E-state index in [0.717, 1.165) is 42.5 Å². The summed E-state index contributed by atoms with van der Waals surface area (Å²) in [6, 6.07) is 0.726. The Hall–Kier alpha value is -2.03. The molecule has 0 aliphatic heterocycles. The van der Waals surface area contributed by atoms with Crippen molar-refractivity contribution in [1.29, 1.82) is 0 Å². The van der Waals surface area contributed by atoms with Crippen LogP contribution in [0.25, 0.3) is 5.52 Å². The van der Waals surface area contributed by atoms with Crippen molar-refractivity contribution in [3.05, 3.63) is 23.1 Å². The van der Waals surface area contributed by atoms with Gasteiger partial charge in [0.05, 0.1) is 18.1 Å². The van der Waals surface area contributed by atoms with E-state index in [0.29, 0.717) is 0 Å². The first-order chi connectivity index (χ1) is 13.3. The van der Waals surface area contributed by atoms with Gasteiger partial charge in [0, 0.05) is 12.2 Å². The lowest BCUT2D eigenvalue weighted by atomic mass is 9.61. The highest BCUT2D eigenvalue weighted by molar-refractivity contribution is 6.28. The second kappa shape index (κ2) is 7.09. The number of carbonyl (C=O) groups excluding carboxylic acids is 1. The molecule has 2 atom stereocenters. The van der Waals surface area contributed by atoms with E-state index in [1.165, 1.54) is 0 Å². The third kappa shape index (κ3) is 3.40. The highest BCUT2D eigenvalue weighted by Gasteiger charge is 2.48. The summed E-state index contributed by atoms with van der Waals surface area (Å²) in [5.41, 5.74) is -0.667. The SMILES string of the molecule is CCOC(=O)[C@H]1[C@H]2CC[C@H](CC2)[C@@H]1Nc1nc(Cl)nn2cc(C(F)(F)F)cc12. The molecule has 0 unspecified atom stereocenters. The molecule has 0 aromatic carbocycles. The van der Waals surface area contributed by atoms with E-state index < -0.39 is 11.7 Å². The van der Waals surface area contributed by atoms with Crippen molar-refractivity contribution in [2.75, 3.05) is 11.9 Å². The van der Waals surface area contributed by atoms with Crippen LogP contribution < -0.4 is 5.32 Å². The average molecular weight is 417 g/mol. The van der Waals surface area contributed by atoms with Gasteiger partial charge in [0.1, 0.15) is 5.52 Å². The summed E-state index contributed by atoms with van der Waals surface area (Å²) >= 11 is 5.94. The number of fused-ring (bicyclic) bond motifs is 4. The quantitative estimate of drug-likeness (QED) is 0.757. The zero-order chi connectivity index (χ0) is 20.1. The number of halogens is 4. The first kappa shape index (κ1) is 19.3. The molecule has 3 fully saturated rings. The van der Waals surface area contributed by atoms with Crippen LogP contribution in [0.2, 0.25) is 5.28 Å². The summed E-state index contributed by atoms with van der Waals surface area (Å²) < 4.78 is 45.7. The van der Waals surface area contributed by atoms with Crippen LogP contribution in [-0.4, -0.2) is 33.2 Å². The summed E-state index contributed by atoms with van der Waals surface area (Å²) in [6.45, 7) is 2.05. The third-order valence-corrected chi connectivity index (χ3v) is 6.01. The van der Waals surface area contributed by atoms with Gasteiger partial charge in [0.2, 0.25) is 5.28 Å². The van der Waals surface area contributed by atoms with E-state index >= 15 is 0 Å². The van der Waals surface area contributed by atoms with E-state index in [2.05, 4.69) is 15.4 Å². The number of nitrogens with zero attached hydrogens (tertiary/aromatic N) is 3. The van der Waals surface area contributed by atoms with Gasteiger partial charge in [-0.1, -0.05) is 0 Å². The minimum Gasteiger partial charge on any atom is -0.466 e. The molecule has 0 radical (unpaired) electrons. The number of esters is 1. The fourth-order valence-corrected chi connectivity index (χ4v) is 4.79. The Morgan fingerprint density at radius 2 is 2.00 bits per heavy atom. The topological polar surface area (TPSA) is 68.5 Å². The highest BCUT2D eigenvalue weighted by atomic mass is 35.5. The van der Waals surface area contributed by atoms with Crippen LogP contribution in [-0.2, 0) is 15.7 Å². The number of rotatable bonds is 4. The Kier molecular flexibility index (Phi) is 4.89. The van der Waals surface area contributed by atoms with Crippen LogP contribution in [0.1, 0.15) is 38.2 Å². The third-order valence-electron chi connectivity index (χ3n) is 5.85. The van der Waals surface area contributed by atoms with Gasteiger partial charge in [-0.25, -0.2) is 4.52 Å². The van der Waals surface area contributed by atoms with Crippen molar-refractivity contribution in [2.24, 2.45) is 17.8 Å². The molecule has 5 rings (SSSR count). The van der Waals surface area contributed by atoms with E-state index in [-0.39, 0.29) is 53.0 Å². The molecule has 2 aromatic heterocycles. The number of hydrogen-bond donors (Lipinski definition) is 1. The minimum absolute atomic E-state index is 0.167. The first-order valence-electron chi connectivity index (χ1n) is 9.34. The fraction of sp³-hybridized carbons (Fsp3) is 0.611. The van der Waals surface area contributed by atoms with E-state index in [4.69, 9.17) is 16.3 Å². The molecule has 0 saturated heterocycles. The lowest BCUT2D eigenvalue weighted by molar-refractivity contribution is -0.154. The molecule has 3 aliphatic rings. The maximum atomic E-state index is 13.1. The van der Waals surface area contributed by atoms with Crippen molar-refractivity contribution in [3.63, 3.8) is 0 Å². The van der Waals surface area contributed by atoms with Gasteiger partial charge in [0.15, 0.2) is 5.82 Å². The number of hydrogen-bond acceptors (Lipinski definition) is 5. The van der Waals surface area contributed by atoms with Crippen molar-refractivity contribution in [3.8, 4) is 0 Å². The molecule has 1 N–H and O–H groups in total. The van der Waals surface area contributed by atoms with Crippen LogP contribution in [0.3, 0.4) is 0 Å². The number of carbonyl (C=O) groups is 1. The van der Waals surface area contributed by atoms with Crippen LogP contribution in [0.5, 0.6) is 0 Å². The predicted molar refractivity (Wildman–Crippen MR) is 96.0 cm³/mol. The molecular weight excluding hydrogens is 397 g/mol. The number of anilines is 1. The lowest BCUT2D eigenvalue weighted by Gasteiger charge is -2.47. The molecule has 2 heterocycles. The molecule has 2 aromatic rings. The summed E-state index contributed by atoms with van der Waals surface area (Å²) in [5, 5.41) is 6.89. The van der Waals surface area contributed by atoms with Crippen LogP contribution in [0, 0.1) is 17.8 Å². The lowest BCUT2D eigenvalue weighted by Crippen LogP contribution is -2.52. The maximum absolute atomic E-state index is 13.1. The highest BCUT2D eigenvalue weighted by Crippen LogP contribution is 2.47. The molecule has 3 aliphatic carbocycles. The smallest absolute Gasteiger partial charge is 0.417 e. The molecule has 28 heavy (non-hydrogen) atoms. The molecule has 10 heteroatoms. The molecule has 152 valence electrons. The van der Waals surface area contributed by atoms with Crippen molar-refractivity contribution in [2.45, 2.75) is 44.8 Å². The van der Waals surface area contributed by atoms with Gasteiger partial charge in [0.25, 0.3) is 0 Å². The average Bonchev–Trinajstić information content (AvgIpc) is 3.07. The Morgan fingerprint density at radius 1 is 1.32 bits per heavy atom. The largest absolute Gasteiger partial charge is 0.466 e. The Labute approximate surface area is 164 Å². The Balaban J connectivity index is 1.71. The van der Waals surface area contributed by atoms with Crippen molar-refractivity contribution < 1.29 is 22.7 Å². The minimum atomic E-state index is -4.51. The second-order valence-electron chi connectivity index (χ2n) is 7.41. The van der Waals surface area contributed by atoms with Crippen LogP contribution in [0.4, 0.5) is 19.0 Å². The Bertz CT molecular complexity index is 893. The predicted octanol–water partition coefficient (Wildman–Crippen LogP) is 4.18. The van der Waals surface area contributed by atoms with Gasteiger partial charge in [-0.2, -0.15) is 18.2 Å². The molecule has 0 spiro atoms. The van der Waals surface area contributed by atoms with Crippen LogP contribution >= 0.6 is 11.6 Å². The van der Waals surface area contributed by atoms with E-state index in [9.17, 15) is 18.0 Å². The molecule has 6 nitrogen and oxygen atoms in total. The van der Waals surface area contributed by atoms with Gasteiger partial charge in [-0.05, 0) is 62.1 Å². The normalized spacial score (nSPS) is 27.2. The Morgan fingerprint density at radius 3 is 2.64 bits per heavy atom. The molecule has 3 saturated carbocycles. The zero-order valence-corrected chi connectivity index (χ0v) is 15.9. The number of alkyl halides is 3. The van der Waals surface area contributed by atoms with Gasteiger partial charge in [-0.3, -0.25) is 4.79 Å². The maximum Gasteiger partial charge on any atom is 0.417 e. The van der Waals surface area contributed by atoms with Gasteiger partial charge < -0.3 is 10.1 Å². The zero-order valence-electron chi connectivity index (χ0n) is 15.2. The monoisotopic (exact) mass is 416 g/mol. The van der Waals surface area contributed by atoms with Crippen molar-refractivity contribution >= 4 is 28.9 Å². The van der Waals surface area contributed by atoms with E-state index in [1.807, 2.05) is 0 Å². The van der Waals surface area contributed by atoms with E-state index in [1.54, 1.807) is 6.92 Å².